The molecule has 1 fully saturated rings. The van der Waals surface area contributed by atoms with E-state index in [9.17, 15) is 4.79 Å². The lowest BCUT2D eigenvalue weighted by Gasteiger charge is -2.32. The zero-order chi connectivity index (χ0) is 18.1. The van der Waals surface area contributed by atoms with Crippen molar-refractivity contribution in [2.75, 3.05) is 38.1 Å². The molecular formula is C20H23N5O. The fourth-order valence-corrected chi connectivity index (χ4v) is 3.23. The molecule has 1 aromatic carbocycles. The summed E-state index contributed by atoms with van der Waals surface area (Å²) in [7, 11) is 2.12. The number of nitrogens with zero attached hydrogens (tertiary/aromatic N) is 5. The Morgan fingerprint density at radius 3 is 2.50 bits per heavy atom. The highest BCUT2D eigenvalue weighted by atomic mass is 16.1. The van der Waals surface area contributed by atoms with Crippen molar-refractivity contribution in [3.05, 3.63) is 64.2 Å². The number of aromatic nitrogens is 3. The molecule has 0 unspecified atom stereocenters. The van der Waals surface area contributed by atoms with Gasteiger partial charge in [-0.05, 0) is 25.6 Å². The van der Waals surface area contributed by atoms with Crippen molar-refractivity contribution in [2.24, 2.45) is 0 Å². The molecule has 0 atom stereocenters. The van der Waals surface area contributed by atoms with Gasteiger partial charge < -0.3 is 14.4 Å². The monoisotopic (exact) mass is 349 g/mol. The Morgan fingerprint density at radius 1 is 1.04 bits per heavy atom. The van der Waals surface area contributed by atoms with Crippen LogP contribution in [0.2, 0.25) is 0 Å². The second-order valence-corrected chi connectivity index (χ2v) is 6.99. The minimum Gasteiger partial charge on any atom is -0.338 e. The number of piperazine rings is 1. The summed E-state index contributed by atoms with van der Waals surface area (Å²) in [6.07, 6.45) is 3.50. The lowest BCUT2D eigenvalue weighted by atomic mass is 10.1. The number of fused-ring (bicyclic) bond motifs is 1. The van der Waals surface area contributed by atoms with Gasteiger partial charge in [-0.2, -0.15) is 0 Å². The Labute approximate surface area is 152 Å². The molecule has 3 heterocycles. The molecule has 2 aromatic heterocycles. The molecule has 0 radical (unpaired) electrons. The maximum atomic E-state index is 12.8. The van der Waals surface area contributed by atoms with E-state index in [1.54, 1.807) is 10.8 Å². The van der Waals surface area contributed by atoms with Gasteiger partial charge in [0.25, 0.3) is 5.56 Å². The predicted octanol–water partition coefficient (Wildman–Crippen LogP) is 1.90. The van der Waals surface area contributed by atoms with Crippen molar-refractivity contribution in [3.63, 3.8) is 0 Å². The van der Waals surface area contributed by atoms with Gasteiger partial charge in [-0.25, -0.2) is 9.97 Å². The summed E-state index contributed by atoms with van der Waals surface area (Å²) >= 11 is 0. The molecule has 1 saturated heterocycles. The van der Waals surface area contributed by atoms with Gasteiger partial charge in [0.2, 0.25) is 5.95 Å². The first-order chi connectivity index (χ1) is 12.6. The van der Waals surface area contributed by atoms with Crippen LogP contribution in [0.25, 0.3) is 10.9 Å². The molecule has 134 valence electrons. The lowest BCUT2D eigenvalue weighted by molar-refractivity contribution is 0.311. The van der Waals surface area contributed by atoms with E-state index in [0.717, 1.165) is 31.7 Å². The number of rotatable bonds is 3. The number of benzene rings is 1. The van der Waals surface area contributed by atoms with Gasteiger partial charge in [0.05, 0.1) is 17.4 Å². The highest BCUT2D eigenvalue weighted by Gasteiger charge is 2.17. The van der Waals surface area contributed by atoms with Gasteiger partial charge in [-0.15, -0.1) is 0 Å². The van der Waals surface area contributed by atoms with Crippen molar-refractivity contribution >= 4 is 16.9 Å². The van der Waals surface area contributed by atoms with Crippen LogP contribution < -0.4 is 10.5 Å². The fraction of sp³-hybridized carbons (Fsp3) is 0.350. The first-order valence-electron chi connectivity index (χ1n) is 8.95. The average Bonchev–Trinajstić information content (AvgIpc) is 2.66. The molecule has 1 aliphatic heterocycles. The quantitative estimate of drug-likeness (QED) is 0.723. The Hall–Kier alpha value is -2.73. The molecule has 0 aliphatic carbocycles. The van der Waals surface area contributed by atoms with E-state index < -0.39 is 0 Å². The standard InChI is InChI=1S/C20H23N5O/c1-15-3-5-16(6-4-15)14-25-8-7-18-17(19(25)26)13-21-20(22-18)24-11-9-23(2)10-12-24/h3-8,13H,9-12,14H2,1-2H3. The molecule has 0 amide bonds. The third-order valence-corrected chi connectivity index (χ3v) is 4.97. The molecule has 4 rings (SSSR count). The first-order valence-corrected chi connectivity index (χ1v) is 8.95. The summed E-state index contributed by atoms with van der Waals surface area (Å²) in [5, 5.41) is 0.567. The number of aryl methyl sites for hydroxylation is 1. The molecule has 0 N–H and O–H groups in total. The number of likely N-dealkylation sites (N-methyl/N-ethyl adjacent to an activating group) is 1. The summed E-state index contributed by atoms with van der Waals surface area (Å²) in [5.74, 6) is 0.710. The van der Waals surface area contributed by atoms with Crippen LogP contribution >= 0.6 is 0 Å². The van der Waals surface area contributed by atoms with Crippen molar-refractivity contribution in [2.45, 2.75) is 13.5 Å². The van der Waals surface area contributed by atoms with Gasteiger partial charge in [-0.3, -0.25) is 4.79 Å². The van der Waals surface area contributed by atoms with Gasteiger partial charge in [0.1, 0.15) is 0 Å². The Bertz CT molecular complexity index is 972. The molecule has 0 spiro atoms. The summed E-state index contributed by atoms with van der Waals surface area (Å²) < 4.78 is 1.71. The van der Waals surface area contributed by atoms with Crippen LogP contribution in [0, 0.1) is 6.92 Å². The van der Waals surface area contributed by atoms with Crippen LogP contribution in [-0.2, 0) is 6.54 Å². The second kappa shape index (κ2) is 6.88. The SMILES string of the molecule is Cc1ccc(Cn2ccc3nc(N4CCN(C)CC4)ncc3c2=O)cc1. The first kappa shape index (κ1) is 16.7. The number of hydrogen-bond donors (Lipinski definition) is 0. The van der Waals surface area contributed by atoms with Crippen LogP contribution in [0.5, 0.6) is 0 Å². The normalized spacial score (nSPS) is 15.5. The second-order valence-electron chi connectivity index (χ2n) is 6.99. The average molecular weight is 349 g/mol. The van der Waals surface area contributed by atoms with Gasteiger partial charge in [0.15, 0.2) is 0 Å². The van der Waals surface area contributed by atoms with E-state index in [-0.39, 0.29) is 5.56 Å². The largest absolute Gasteiger partial charge is 0.338 e. The number of pyridine rings is 1. The molecule has 0 bridgehead atoms. The maximum absolute atomic E-state index is 12.8. The molecule has 6 heteroatoms. The Balaban J connectivity index is 1.62. The van der Waals surface area contributed by atoms with Crippen molar-refractivity contribution in [1.29, 1.82) is 0 Å². The number of anilines is 1. The molecule has 0 saturated carbocycles. The maximum Gasteiger partial charge on any atom is 0.261 e. The molecule has 3 aromatic rings. The van der Waals surface area contributed by atoms with E-state index in [2.05, 4.69) is 58.0 Å². The van der Waals surface area contributed by atoms with Gasteiger partial charge in [-0.1, -0.05) is 29.8 Å². The van der Waals surface area contributed by atoms with Crippen molar-refractivity contribution in [1.82, 2.24) is 19.4 Å². The van der Waals surface area contributed by atoms with E-state index in [1.165, 1.54) is 5.56 Å². The third-order valence-electron chi connectivity index (χ3n) is 4.97. The topological polar surface area (TPSA) is 54.3 Å². The third kappa shape index (κ3) is 3.32. The summed E-state index contributed by atoms with van der Waals surface area (Å²) in [6.45, 7) is 6.43. The smallest absolute Gasteiger partial charge is 0.261 e. The highest BCUT2D eigenvalue weighted by molar-refractivity contribution is 5.77. The molecule has 26 heavy (non-hydrogen) atoms. The Kier molecular flexibility index (Phi) is 4.42. The summed E-state index contributed by atoms with van der Waals surface area (Å²) in [5.41, 5.74) is 2.98. The molecular weight excluding hydrogens is 326 g/mol. The van der Waals surface area contributed by atoms with Gasteiger partial charge in [0, 0.05) is 38.6 Å². The molecule has 6 nitrogen and oxygen atoms in total. The minimum atomic E-state index is -0.0481. The lowest BCUT2D eigenvalue weighted by Crippen LogP contribution is -2.45. The fourth-order valence-electron chi connectivity index (χ4n) is 3.23. The van der Waals surface area contributed by atoms with E-state index in [4.69, 9.17) is 0 Å². The summed E-state index contributed by atoms with van der Waals surface area (Å²) in [4.78, 5) is 26.4. The highest BCUT2D eigenvalue weighted by Crippen LogP contribution is 2.14. The van der Waals surface area contributed by atoms with E-state index >= 15 is 0 Å². The van der Waals surface area contributed by atoms with E-state index in [1.807, 2.05) is 12.3 Å². The summed E-state index contributed by atoms with van der Waals surface area (Å²) in [6, 6.07) is 10.1. The minimum absolute atomic E-state index is 0.0481. The van der Waals surface area contributed by atoms with Crippen molar-refractivity contribution in [3.8, 4) is 0 Å². The van der Waals surface area contributed by atoms with Crippen LogP contribution in [0.3, 0.4) is 0 Å². The number of hydrogen-bond acceptors (Lipinski definition) is 5. The van der Waals surface area contributed by atoms with E-state index in [0.29, 0.717) is 23.4 Å². The predicted molar refractivity (Wildman–Crippen MR) is 104 cm³/mol. The van der Waals surface area contributed by atoms with Crippen LogP contribution in [0.1, 0.15) is 11.1 Å². The van der Waals surface area contributed by atoms with Crippen LogP contribution in [-0.4, -0.2) is 52.7 Å². The Morgan fingerprint density at radius 2 is 1.77 bits per heavy atom. The van der Waals surface area contributed by atoms with Crippen LogP contribution in [0.4, 0.5) is 5.95 Å². The van der Waals surface area contributed by atoms with Gasteiger partial charge >= 0.3 is 0 Å². The molecule has 1 aliphatic rings. The van der Waals surface area contributed by atoms with Crippen LogP contribution in [0.15, 0.2) is 47.5 Å². The zero-order valence-electron chi connectivity index (χ0n) is 15.2. The van der Waals surface area contributed by atoms with Crippen molar-refractivity contribution < 1.29 is 0 Å². The zero-order valence-corrected chi connectivity index (χ0v) is 15.2.